The number of aromatic amines is 2. The number of carbonyl (C=O) groups excluding carboxylic acids is 1. The van der Waals surface area contributed by atoms with Crippen molar-refractivity contribution in [3.63, 3.8) is 0 Å². The number of hydrogen-bond acceptors (Lipinski definition) is 4. The van der Waals surface area contributed by atoms with E-state index in [2.05, 4.69) is 4.98 Å². The molecule has 8 heteroatoms. The minimum atomic E-state index is -0.993. The molecule has 0 aliphatic carbocycles. The molecule has 1 heterocycles. The average Bonchev–Trinajstić information content (AvgIpc) is 2.26. The summed E-state index contributed by atoms with van der Waals surface area (Å²) in [5, 5.41) is 8.66. The van der Waals surface area contributed by atoms with Crippen molar-refractivity contribution in [1.82, 2.24) is 14.9 Å². The number of rotatable bonds is 6. The molecular weight excluding hydrogens is 266 g/mol. The zero-order chi connectivity index (χ0) is 15.3. The number of hydrogen-bond donors (Lipinski definition) is 3. The van der Waals surface area contributed by atoms with E-state index in [0.29, 0.717) is 0 Å². The third-order valence-electron chi connectivity index (χ3n) is 2.67. The fourth-order valence-corrected chi connectivity index (χ4v) is 1.77. The van der Waals surface area contributed by atoms with Crippen LogP contribution in [0.1, 0.15) is 26.0 Å². The Morgan fingerprint density at radius 3 is 2.45 bits per heavy atom. The van der Waals surface area contributed by atoms with Gasteiger partial charge in [-0.2, -0.15) is 0 Å². The Kier molecular flexibility index (Phi) is 5.24. The maximum absolute atomic E-state index is 12.1. The molecule has 0 atom stereocenters. The van der Waals surface area contributed by atoms with Crippen LogP contribution < -0.4 is 11.2 Å². The Morgan fingerprint density at radius 1 is 1.30 bits per heavy atom. The number of amides is 1. The first kappa shape index (κ1) is 15.7. The van der Waals surface area contributed by atoms with E-state index in [9.17, 15) is 19.2 Å². The molecule has 0 aliphatic heterocycles. The first-order chi connectivity index (χ1) is 9.29. The van der Waals surface area contributed by atoms with E-state index in [1.54, 1.807) is 13.8 Å². The van der Waals surface area contributed by atoms with E-state index >= 15 is 0 Å². The van der Waals surface area contributed by atoms with Crippen LogP contribution in [0.5, 0.6) is 0 Å². The fraction of sp³-hybridized carbons (Fsp3) is 0.500. The van der Waals surface area contributed by atoms with Crippen LogP contribution >= 0.6 is 0 Å². The first-order valence-corrected chi connectivity index (χ1v) is 6.13. The molecule has 0 spiro atoms. The van der Waals surface area contributed by atoms with E-state index in [1.165, 1.54) is 4.90 Å². The van der Waals surface area contributed by atoms with Crippen molar-refractivity contribution in [2.24, 2.45) is 0 Å². The quantitative estimate of drug-likeness (QED) is 0.638. The Morgan fingerprint density at radius 2 is 1.95 bits per heavy atom. The fourth-order valence-electron chi connectivity index (χ4n) is 1.77. The lowest BCUT2D eigenvalue weighted by atomic mass is 10.2. The maximum Gasteiger partial charge on any atom is 0.325 e. The molecule has 20 heavy (non-hydrogen) atoms. The molecule has 1 aromatic heterocycles. The Hall–Kier alpha value is -2.38. The van der Waals surface area contributed by atoms with Crippen LogP contribution in [-0.2, 0) is 16.0 Å². The Bertz CT molecular complexity index is 573. The van der Waals surface area contributed by atoms with Gasteiger partial charge in [0.15, 0.2) is 0 Å². The molecule has 0 fully saturated rings. The van der Waals surface area contributed by atoms with Crippen LogP contribution in [0.4, 0.5) is 0 Å². The van der Waals surface area contributed by atoms with E-state index < -0.39 is 17.2 Å². The van der Waals surface area contributed by atoms with Gasteiger partial charge in [0.25, 0.3) is 5.56 Å². The van der Waals surface area contributed by atoms with Crippen LogP contribution in [0, 0.1) is 0 Å². The summed E-state index contributed by atoms with van der Waals surface area (Å²) in [7, 11) is 0. The first-order valence-electron chi connectivity index (χ1n) is 6.13. The van der Waals surface area contributed by atoms with Crippen LogP contribution in [0.15, 0.2) is 15.7 Å². The molecule has 3 N–H and O–H groups in total. The lowest BCUT2D eigenvalue weighted by Gasteiger charge is -2.26. The van der Waals surface area contributed by atoms with Crippen LogP contribution in [0.25, 0.3) is 0 Å². The van der Waals surface area contributed by atoms with Gasteiger partial charge in [-0.05, 0) is 13.8 Å². The molecule has 8 nitrogen and oxygen atoms in total. The highest BCUT2D eigenvalue weighted by atomic mass is 16.4. The second-order valence-electron chi connectivity index (χ2n) is 4.61. The van der Waals surface area contributed by atoms with Crippen molar-refractivity contribution in [1.29, 1.82) is 0 Å². The van der Waals surface area contributed by atoms with Gasteiger partial charge < -0.3 is 15.0 Å². The predicted octanol–water partition coefficient (Wildman–Crippen LogP) is -0.683. The Balaban J connectivity index is 2.82. The van der Waals surface area contributed by atoms with Gasteiger partial charge in [-0.1, -0.05) is 0 Å². The molecule has 0 radical (unpaired) electrons. The summed E-state index contributed by atoms with van der Waals surface area (Å²) in [5.41, 5.74) is -1.06. The van der Waals surface area contributed by atoms with E-state index in [0.717, 1.165) is 6.07 Å². The van der Waals surface area contributed by atoms with E-state index in [1.807, 2.05) is 4.98 Å². The molecular formula is C12H17N3O5. The second kappa shape index (κ2) is 6.69. The topological polar surface area (TPSA) is 123 Å². The van der Waals surface area contributed by atoms with Crippen molar-refractivity contribution >= 4 is 11.9 Å². The highest BCUT2D eigenvalue weighted by molar-refractivity contribution is 5.79. The van der Waals surface area contributed by atoms with Gasteiger partial charge >= 0.3 is 11.7 Å². The SMILES string of the molecule is CC(C)N(CCC(=O)O)C(=O)Cc1cc(=O)[nH]c(=O)[nH]1. The summed E-state index contributed by atoms with van der Waals surface area (Å²) >= 11 is 0. The van der Waals surface area contributed by atoms with Gasteiger partial charge in [-0.3, -0.25) is 19.4 Å². The minimum Gasteiger partial charge on any atom is -0.481 e. The number of H-pyrrole nitrogens is 2. The van der Waals surface area contributed by atoms with Crippen molar-refractivity contribution in [2.75, 3.05) is 6.54 Å². The molecule has 1 rings (SSSR count). The summed E-state index contributed by atoms with van der Waals surface area (Å²) in [4.78, 5) is 50.7. The highest BCUT2D eigenvalue weighted by Gasteiger charge is 2.18. The predicted molar refractivity (Wildman–Crippen MR) is 70.5 cm³/mol. The second-order valence-corrected chi connectivity index (χ2v) is 4.61. The van der Waals surface area contributed by atoms with Crippen LogP contribution in [0.3, 0.4) is 0 Å². The van der Waals surface area contributed by atoms with E-state index in [-0.39, 0.29) is 37.0 Å². The smallest absolute Gasteiger partial charge is 0.325 e. The number of aromatic nitrogens is 2. The van der Waals surface area contributed by atoms with Crippen molar-refractivity contribution in [3.05, 3.63) is 32.6 Å². The number of nitrogens with zero attached hydrogens (tertiary/aromatic N) is 1. The monoisotopic (exact) mass is 283 g/mol. The molecule has 0 saturated heterocycles. The summed E-state index contributed by atoms with van der Waals surface area (Å²) in [5.74, 6) is -1.34. The van der Waals surface area contributed by atoms with Crippen LogP contribution in [0.2, 0.25) is 0 Å². The van der Waals surface area contributed by atoms with Crippen LogP contribution in [-0.4, -0.2) is 44.4 Å². The summed E-state index contributed by atoms with van der Waals surface area (Å²) < 4.78 is 0. The third kappa shape index (κ3) is 4.71. The minimum absolute atomic E-state index is 0.0826. The maximum atomic E-state index is 12.1. The largest absolute Gasteiger partial charge is 0.481 e. The van der Waals surface area contributed by atoms with Crippen molar-refractivity contribution in [2.45, 2.75) is 32.7 Å². The summed E-state index contributed by atoms with van der Waals surface area (Å²) in [6.07, 6.45) is -0.313. The Labute approximate surface area is 114 Å². The lowest BCUT2D eigenvalue weighted by molar-refractivity contribution is -0.139. The molecule has 0 aromatic carbocycles. The van der Waals surface area contributed by atoms with E-state index in [4.69, 9.17) is 5.11 Å². The van der Waals surface area contributed by atoms with Gasteiger partial charge in [0, 0.05) is 24.3 Å². The van der Waals surface area contributed by atoms with Gasteiger partial charge in [0.2, 0.25) is 5.91 Å². The zero-order valence-corrected chi connectivity index (χ0v) is 11.3. The molecule has 1 amide bonds. The number of carbonyl (C=O) groups is 2. The highest BCUT2D eigenvalue weighted by Crippen LogP contribution is 2.04. The number of aliphatic carboxylic acids is 1. The number of carboxylic acids is 1. The van der Waals surface area contributed by atoms with Gasteiger partial charge in [0.1, 0.15) is 0 Å². The summed E-state index contributed by atoms with van der Waals surface area (Å²) in [6.45, 7) is 3.61. The number of nitrogens with one attached hydrogen (secondary N) is 2. The van der Waals surface area contributed by atoms with Gasteiger partial charge in [0.05, 0.1) is 12.8 Å². The molecule has 110 valence electrons. The molecule has 1 aromatic rings. The van der Waals surface area contributed by atoms with Gasteiger partial charge in [-0.15, -0.1) is 0 Å². The zero-order valence-electron chi connectivity index (χ0n) is 11.3. The standard InChI is InChI=1S/C12H17N3O5/c1-7(2)15(4-3-11(18)19)10(17)6-8-5-9(16)14-12(20)13-8/h5,7H,3-4,6H2,1-2H3,(H,18,19)(H2,13,14,16,20). The number of carboxylic acid groups (broad SMARTS) is 1. The third-order valence-corrected chi connectivity index (χ3v) is 2.67. The molecule has 0 bridgehead atoms. The normalized spacial score (nSPS) is 10.6. The summed E-state index contributed by atoms with van der Waals surface area (Å²) in [6, 6.07) is 0.963. The molecule has 0 unspecified atom stereocenters. The van der Waals surface area contributed by atoms with Crippen molar-refractivity contribution < 1.29 is 14.7 Å². The average molecular weight is 283 g/mol. The molecule has 0 aliphatic rings. The van der Waals surface area contributed by atoms with Gasteiger partial charge in [-0.25, -0.2) is 4.79 Å². The van der Waals surface area contributed by atoms with Crippen molar-refractivity contribution in [3.8, 4) is 0 Å². The lowest BCUT2D eigenvalue weighted by Crippen LogP contribution is -2.40. The molecule has 0 saturated carbocycles.